The van der Waals surface area contributed by atoms with E-state index in [0.29, 0.717) is 11.1 Å². The molecule has 1 aromatic carbocycles. The van der Waals surface area contributed by atoms with Gasteiger partial charge in [0.1, 0.15) is 0 Å². The van der Waals surface area contributed by atoms with Crippen molar-refractivity contribution in [3.8, 4) is 0 Å². The SMILES string of the molecule is CCNc1cc(C)cc(C(=O)NCc2c(C)[nH]n(C)c2=O)c1C.CN(C)C1CCCCC1. The second-order valence-corrected chi connectivity index (χ2v) is 9.03. The highest BCUT2D eigenvalue weighted by Gasteiger charge is 2.15. The summed E-state index contributed by atoms with van der Waals surface area (Å²) in [6.45, 7) is 8.74. The van der Waals surface area contributed by atoms with Gasteiger partial charge in [-0.25, -0.2) is 0 Å². The van der Waals surface area contributed by atoms with E-state index in [1.165, 1.54) is 36.8 Å². The maximum atomic E-state index is 12.5. The van der Waals surface area contributed by atoms with Crippen LogP contribution in [0.4, 0.5) is 5.69 Å². The molecule has 3 rings (SSSR count). The fraction of sp³-hybridized carbons (Fsp3) is 0.600. The summed E-state index contributed by atoms with van der Waals surface area (Å²) in [5, 5.41) is 9.05. The first-order chi connectivity index (χ1) is 15.1. The van der Waals surface area contributed by atoms with Crippen molar-refractivity contribution in [2.24, 2.45) is 7.05 Å². The van der Waals surface area contributed by atoms with E-state index in [9.17, 15) is 9.59 Å². The summed E-state index contributed by atoms with van der Waals surface area (Å²) in [4.78, 5) is 26.8. The monoisotopic (exact) mass is 443 g/mol. The molecule has 178 valence electrons. The van der Waals surface area contributed by atoms with E-state index < -0.39 is 0 Å². The van der Waals surface area contributed by atoms with Gasteiger partial charge in [-0.2, -0.15) is 0 Å². The van der Waals surface area contributed by atoms with Crippen LogP contribution in [0.5, 0.6) is 0 Å². The molecule has 32 heavy (non-hydrogen) atoms. The van der Waals surface area contributed by atoms with Crippen LogP contribution in [0.15, 0.2) is 16.9 Å². The molecule has 0 aliphatic heterocycles. The Bertz CT molecular complexity index is 952. The molecule has 0 atom stereocenters. The summed E-state index contributed by atoms with van der Waals surface area (Å²) in [7, 11) is 6.04. The van der Waals surface area contributed by atoms with Crippen LogP contribution in [-0.2, 0) is 13.6 Å². The number of H-pyrrole nitrogens is 1. The van der Waals surface area contributed by atoms with Crippen LogP contribution in [0.3, 0.4) is 0 Å². The Labute approximate surface area is 192 Å². The van der Waals surface area contributed by atoms with Crippen molar-refractivity contribution in [1.29, 1.82) is 0 Å². The summed E-state index contributed by atoms with van der Waals surface area (Å²) in [6.07, 6.45) is 7.20. The van der Waals surface area contributed by atoms with Gasteiger partial charge in [0.2, 0.25) is 0 Å². The van der Waals surface area contributed by atoms with E-state index in [4.69, 9.17) is 0 Å². The lowest BCUT2D eigenvalue weighted by molar-refractivity contribution is 0.0950. The molecule has 1 saturated carbocycles. The number of anilines is 1. The summed E-state index contributed by atoms with van der Waals surface area (Å²) >= 11 is 0. The fourth-order valence-corrected chi connectivity index (χ4v) is 4.27. The zero-order chi connectivity index (χ0) is 23.8. The van der Waals surface area contributed by atoms with Crippen molar-refractivity contribution in [2.45, 2.75) is 72.4 Å². The Morgan fingerprint density at radius 1 is 1.16 bits per heavy atom. The van der Waals surface area contributed by atoms with E-state index in [-0.39, 0.29) is 18.0 Å². The molecular weight excluding hydrogens is 402 g/mol. The van der Waals surface area contributed by atoms with E-state index in [0.717, 1.165) is 35.1 Å². The molecule has 2 aromatic rings. The molecule has 1 amide bonds. The number of carbonyl (C=O) groups is 1. The Hall–Kier alpha value is -2.54. The Morgan fingerprint density at radius 2 is 1.81 bits per heavy atom. The van der Waals surface area contributed by atoms with Gasteiger partial charge in [-0.15, -0.1) is 0 Å². The number of rotatable bonds is 6. The summed E-state index contributed by atoms with van der Waals surface area (Å²) in [5.41, 5.74) is 4.76. The van der Waals surface area contributed by atoms with Gasteiger partial charge in [0, 0.05) is 36.6 Å². The Kier molecular flexibility index (Phi) is 9.57. The average molecular weight is 444 g/mol. The highest BCUT2D eigenvalue weighted by atomic mass is 16.2. The Balaban J connectivity index is 0.000000336. The van der Waals surface area contributed by atoms with E-state index >= 15 is 0 Å². The highest BCUT2D eigenvalue weighted by Crippen LogP contribution is 2.22. The zero-order valence-corrected chi connectivity index (χ0v) is 20.9. The molecular formula is C25H41N5O2. The van der Waals surface area contributed by atoms with Crippen LogP contribution < -0.4 is 16.2 Å². The van der Waals surface area contributed by atoms with Crippen molar-refractivity contribution in [3.05, 3.63) is 50.4 Å². The largest absolute Gasteiger partial charge is 0.385 e. The van der Waals surface area contributed by atoms with Crippen LogP contribution >= 0.6 is 0 Å². The second kappa shape index (κ2) is 11.9. The number of aromatic nitrogens is 2. The van der Waals surface area contributed by atoms with Crippen LogP contribution in [0.25, 0.3) is 0 Å². The first kappa shape index (κ1) is 25.7. The number of carbonyl (C=O) groups excluding carboxylic acids is 1. The molecule has 1 aliphatic carbocycles. The third-order valence-electron chi connectivity index (χ3n) is 6.25. The molecule has 1 fully saturated rings. The third kappa shape index (κ3) is 6.73. The summed E-state index contributed by atoms with van der Waals surface area (Å²) in [5.74, 6) is -0.173. The van der Waals surface area contributed by atoms with Gasteiger partial charge in [0.25, 0.3) is 11.5 Å². The van der Waals surface area contributed by atoms with Gasteiger partial charge in [-0.05, 0) is 77.9 Å². The van der Waals surface area contributed by atoms with Crippen LogP contribution in [-0.4, -0.2) is 47.3 Å². The Morgan fingerprint density at radius 3 is 2.31 bits per heavy atom. The van der Waals surface area contributed by atoms with Crippen LogP contribution in [0.1, 0.15) is 71.8 Å². The molecule has 7 heteroatoms. The average Bonchev–Trinajstić information content (AvgIpc) is 3.01. The van der Waals surface area contributed by atoms with Gasteiger partial charge >= 0.3 is 0 Å². The molecule has 1 aromatic heterocycles. The lowest BCUT2D eigenvalue weighted by atomic mass is 9.95. The molecule has 0 spiro atoms. The zero-order valence-electron chi connectivity index (χ0n) is 20.9. The first-order valence-corrected chi connectivity index (χ1v) is 11.7. The van der Waals surface area contributed by atoms with Crippen molar-refractivity contribution in [3.63, 3.8) is 0 Å². The van der Waals surface area contributed by atoms with Gasteiger partial charge in [-0.1, -0.05) is 19.3 Å². The predicted molar refractivity (Wildman–Crippen MR) is 133 cm³/mol. The standard InChI is InChI=1S/C17H24N4O2.C8H17N/c1-6-18-15-8-10(2)7-13(11(15)3)16(22)19-9-14-12(4)20-21(5)17(14)23;1-9(2)8-6-4-3-5-7-8/h7-8,18,20H,6,9H2,1-5H3,(H,19,22);8H,3-7H2,1-2H3. The third-order valence-corrected chi connectivity index (χ3v) is 6.25. The number of hydrogen-bond donors (Lipinski definition) is 3. The van der Waals surface area contributed by atoms with E-state index in [1.54, 1.807) is 7.05 Å². The molecule has 0 unspecified atom stereocenters. The molecule has 1 heterocycles. The normalized spacial score (nSPS) is 14.1. The van der Waals surface area contributed by atoms with Gasteiger partial charge in [0.05, 0.1) is 12.1 Å². The maximum absolute atomic E-state index is 12.5. The van der Waals surface area contributed by atoms with Crippen LogP contribution in [0, 0.1) is 20.8 Å². The quantitative estimate of drug-likeness (QED) is 0.633. The number of amides is 1. The fourth-order valence-electron chi connectivity index (χ4n) is 4.27. The first-order valence-electron chi connectivity index (χ1n) is 11.7. The van der Waals surface area contributed by atoms with E-state index in [2.05, 4.69) is 34.7 Å². The predicted octanol–water partition coefficient (Wildman–Crippen LogP) is 3.88. The van der Waals surface area contributed by atoms with Crippen LogP contribution in [0.2, 0.25) is 0 Å². The number of benzene rings is 1. The topological polar surface area (TPSA) is 82.2 Å². The van der Waals surface area contributed by atoms with Crippen molar-refractivity contribution >= 4 is 11.6 Å². The minimum Gasteiger partial charge on any atom is -0.385 e. The molecule has 1 aliphatic rings. The number of aromatic amines is 1. The minimum absolute atomic E-state index is 0.114. The highest BCUT2D eigenvalue weighted by molar-refractivity contribution is 5.97. The molecule has 0 saturated heterocycles. The lowest BCUT2D eigenvalue weighted by Gasteiger charge is -2.27. The number of aryl methyl sites for hydroxylation is 3. The van der Waals surface area contributed by atoms with Crippen molar-refractivity contribution in [1.82, 2.24) is 20.0 Å². The summed E-state index contributed by atoms with van der Waals surface area (Å²) < 4.78 is 1.41. The number of hydrogen-bond acceptors (Lipinski definition) is 4. The smallest absolute Gasteiger partial charge is 0.271 e. The van der Waals surface area contributed by atoms with Gasteiger partial charge in [0.15, 0.2) is 0 Å². The maximum Gasteiger partial charge on any atom is 0.271 e. The molecule has 7 nitrogen and oxygen atoms in total. The minimum atomic E-state index is -0.173. The molecule has 0 radical (unpaired) electrons. The lowest BCUT2D eigenvalue weighted by Crippen LogP contribution is -2.29. The second-order valence-electron chi connectivity index (χ2n) is 9.03. The number of nitrogens with one attached hydrogen (secondary N) is 3. The summed E-state index contributed by atoms with van der Waals surface area (Å²) in [6, 6.07) is 4.79. The van der Waals surface area contributed by atoms with Crippen molar-refractivity contribution < 1.29 is 4.79 Å². The van der Waals surface area contributed by atoms with Gasteiger partial charge in [-0.3, -0.25) is 19.4 Å². The van der Waals surface area contributed by atoms with Crippen molar-refractivity contribution in [2.75, 3.05) is 26.0 Å². The number of nitrogens with zero attached hydrogens (tertiary/aromatic N) is 2. The van der Waals surface area contributed by atoms with Gasteiger partial charge < -0.3 is 15.5 Å². The molecule has 0 bridgehead atoms. The molecule has 3 N–H and O–H groups in total. The van der Waals surface area contributed by atoms with E-state index in [1.807, 2.05) is 39.8 Å².